The smallest absolute Gasteiger partial charge is 0.413 e. The Bertz CT molecular complexity index is 417. The minimum absolute atomic E-state index is 0.119. The molecule has 0 saturated heterocycles. The van der Waals surface area contributed by atoms with E-state index in [0.29, 0.717) is 11.3 Å². The summed E-state index contributed by atoms with van der Waals surface area (Å²) in [5.74, 6) is -0.351. The van der Waals surface area contributed by atoms with Gasteiger partial charge in [-0.1, -0.05) is 18.2 Å². The van der Waals surface area contributed by atoms with Gasteiger partial charge in [0.1, 0.15) is 0 Å². The van der Waals surface area contributed by atoms with E-state index in [9.17, 15) is 9.59 Å². The van der Waals surface area contributed by atoms with E-state index >= 15 is 0 Å². The number of nitrogens with zero attached hydrogens (tertiary/aromatic N) is 1. The summed E-state index contributed by atoms with van der Waals surface area (Å²) in [6, 6.07) is 7.10. The van der Waals surface area contributed by atoms with Gasteiger partial charge in [-0.15, -0.1) is 0 Å². The number of benzene rings is 1. The van der Waals surface area contributed by atoms with Gasteiger partial charge in [0.2, 0.25) is 0 Å². The van der Waals surface area contributed by atoms with Crippen LogP contribution in [0.4, 0.5) is 10.5 Å². The lowest BCUT2D eigenvalue weighted by Gasteiger charge is -2.18. The molecular formula is C12H15NO4. The standard InChI is InChI=1S/C12H15NO4/c1-13(12(15)17-3)10-7-5-4-6-9(10)8-11(14)16-2/h4-7H,8H2,1-3H3. The Morgan fingerprint density at radius 1 is 1.18 bits per heavy atom. The summed E-state index contributed by atoms with van der Waals surface area (Å²) >= 11 is 0. The molecule has 1 aromatic rings. The molecule has 5 heteroatoms. The summed E-state index contributed by atoms with van der Waals surface area (Å²) in [6.07, 6.45) is -0.365. The van der Waals surface area contributed by atoms with Crippen LogP contribution in [0.1, 0.15) is 5.56 Å². The highest BCUT2D eigenvalue weighted by Crippen LogP contribution is 2.20. The third-order valence-corrected chi connectivity index (χ3v) is 2.36. The quantitative estimate of drug-likeness (QED) is 0.749. The molecule has 0 aromatic heterocycles. The number of esters is 1. The van der Waals surface area contributed by atoms with Gasteiger partial charge >= 0.3 is 12.1 Å². The van der Waals surface area contributed by atoms with Crippen LogP contribution in [-0.2, 0) is 20.7 Å². The van der Waals surface area contributed by atoms with Gasteiger partial charge in [-0.3, -0.25) is 9.69 Å². The van der Waals surface area contributed by atoms with E-state index in [1.165, 1.54) is 19.1 Å². The lowest BCUT2D eigenvalue weighted by molar-refractivity contribution is -0.139. The number of methoxy groups -OCH3 is 2. The Balaban J connectivity index is 2.99. The summed E-state index contributed by atoms with van der Waals surface area (Å²) in [6.45, 7) is 0. The number of hydrogen-bond acceptors (Lipinski definition) is 4. The topological polar surface area (TPSA) is 55.8 Å². The third kappa shape index (κ3) is 3.21. The summed E-state index contributed by atoms with van der Waals surface area (Å²) in [5, 5.41) is 0. The maximum Gasteiger partial charge on any atom is 0.413 e. The molecule has 0 unspecified atom stereocenters. The molecule has 0 fully saturated rings. The number of carbonyl (C=O) groups is 2. The average molecular weight is 237 g/mol. The number of hydrogen-bond donors (Lipinski definition) is 0. The van der Waals surface area contributed by atoms with Crippen LogP contribution in [0.25, 0.3) is 0 Å². The molecule has 0 atom stereocenters. The monoisotopic (exact) mass is 237 g/mol. The second-order valence-corrected chi connectivity index (χ2v) is 3.41. The Morgan fingerprint density at radius 2 is 1.82 bits per heavy atom. The van der Waals surface area contributed by atoms with E-state index in [0.717, 1.165) is 0 Å². The zero-order valence-corrected chi connectivity index (χ0v) is 10.1. The Kier molecular flexibility index (Phi) is 4.51. The van der Waals surface area contributed by atoms with Crippen molar-refractivity contribution >= 4 is 17.7 Å². The molecule has 0 N–H and O–H groups in total. The molecular weight excluding hydrogens is 222 g/mol. The van der Waals surface area contributed by atoms with E-state index in [1.54, 1.807) is 31.3 Å². The molecule has 0 aliphatic rings. The van der Waals surface area contributed by atoms with Crippen LogP contribution in [0.2, 0.25) is 0 Å². The van der Waals surface area contributed by atoms with Crippen LogP contribution in [0.5, 0.6) is 0 Å². The number of anilines is 1. The van der Waals surface area contributed by atoms with Crippen LogP contribution < -0.4 is 4.90 Å². The molecule has 0 saturated carbocycles. The van der Waals surface area contributed by atoms with Crippen molar-refractivity contribution < 1.29 is 19.1 Å². The van der Waals surface area contributed by atoms with Gasteiger partial charge in [-0.25, -0.2) is 4.79 Å². The Morgan fingerprint density at radius 3 is 2.41 bits per heavy atom. The second-order valence-electron chi connectivity index (χ2n) is 3.41. The highest BCUT2D eigenvalue weighted by atomic mass is 16.5. The molecule has 0 aliphatic heterocycles. The number of amides is 1. The van der Waals surface area contributed by atoms with Crippen LogP contribution in [0, 0.1) is 0 Å². The van der Waals surface area contributed by atoms with Crippen molar-refractivity contribution in [3.8, 4) is 0 Å². The molecule has 5 nitrogen and oxygen atoms in total. The van der Waals surface area contributed by atoms with Gasteiger partial charge in [-0.2, -0.15) is 0 Å². The number of para-hydroxylation sites is 1. The predicted molar refractivity (Wildman–Crippen MR) is 63.0 cm³/mol. The van der Waals surface area contributed by atoms with E-state index in [2.05, 4.69) is 9.47 Å². The minimum Gasteiger partial charge on any atom is -0.469 e. The van der Waals surface area contributed by atoms with Crippen LogP contribution in [0.3, 0.4) is 0 Å². The van der Waals surface area contributed by atoms with E-state index < -0.39 is 6.09 Å². The van der Waals surface area contributed by atoms with Crippen LogP contribution in [0.15, 0.2) is 24.3 Å². The van der Waals surface area contributed by atoms with Crippen molar-refractivity contribution in [3.63, 3.8) is 0 Å². The minimum atomic E-state index is -0.484. The van der Waals surface area contributed by atoms with Crippen molar-refractivity contribution in [2.75, 3.05) is 26.2 Å². The maximum absolute atomic E-state index is 11.4. The van der Waals surface area contributed by atoms with Gasteiger partial charge in [0.05, 0.1) is 26.3 Å². The van der Waals surface area contributed by atoms with Crippen molar-refractivity contribution in [2.45, 2.75) is 6.42 Å². The fourth-order valence-electron chi connectivity index (χ4n) is 1.45. The van der Waals surface area contributed by atoms with E-state index in [-0.39, 0.29) is 12.4 Å². The molecule has 1 aromatic carbocycles. The molecule has 0 spiro atoms. The molecule has 0 aliphatic carbocycles. The predicted octanol–water partition coefficient (Wildman–Crippen LogP) is 1.60. The van der Waals surface area contributed by atoms with Crippen molar-refractivity contribution in [2.24, 2.45) is 0 Å². The van der Waals surface area contributed by atoms with Gasteiger partial charge in [0, 0.05) is 7.05 Å². The normalized spacial score (nSPS) is 9.59. The molecule has 0 bridgehead atoms. The Hall–Kier alpha value is -2.04. The molecule has 1 rings (SSSR count). The molecule has 0 heterocycles. The number of carbonyl (C=O) groups excluding carboxylic acids is 2. The zero-order valence-electron chi connectivity index (χ0n) is 10.1. The summed E-state index contributed by atoms with van der Waals surface area (Å²) in [7, 11) is 4.22. The summed E-state index contributed by atoms with van der Waals surface area (Å²) in [5.41, 5.74) is 1.34. The second kappa shape index (κ2) is 5.89. The van der Waals surface area contributed by atoms with E-state index in [4.69, 9.17) is 0 Å². The van der Waals surface area contributed by atoms with Crippen LogP contribution >= 0.6 is 0 Å². The van der Waals surface area contributed by atoms with Crippen molar-refractivity contribution in [3.05, 3.63) is 29.8 Å². The fourth-order valence-corrected chi connectivity index (χ4v) is 1.45. The first-order chi connectivity index (χ1) is 8.10. The average Bonchev–Trinajstić information content (AvgIpc) is 2.37. The van der Waals surface area contributed by atoms with Crippen LogP contribution in [-0.4, -0.2) is 33.3 Å². The summed E-state index contributed by atoms with van der Waals surface area (Å²) < 4.78 is 9.23. The first-order valence-electron chi connectivity index (χ1n) is 5.06. The highest BCUT2D eigenvalue weighted by Gasteiger charge is 2.16. The van der Waals surface area contributed by atoms with Gasteiger partial charge < -0.3 is 9.47 Å². The summed E-state index contributed by atoms with van der Waals surface area (Å²) in [4.78, 5) is 24.0. The molecule has 92 valence electrons. The third-order valence-electron chi connectivity index (χ3n) is 2.36. The van der Waals surface area contributed by atoms with Gasteiger partial charge in [0.15, 0.2) is 0 Å². The fraction of sp³-hybridized carbons (Fsp3) is 0.333. The lowest BCUT2D eigenvalue weighted by Crippen LogP contribution is -2.27. The van der Waals surface area contributed by atoms with Crippen molar-refractivity contribution in [1.82, 2.24) is 0 Å². The number of rotatable bonds is 3. The first kappa shape index (κ1) is 13.0. The van der Waals surface area contributed by atoms with Gasteiger partial charge in [-0.05, 0) is 11.6 Å². The highest BCUT2D eigenvalue weighted by molar-refractivity contribution is 5.89. The van der Waals surface area contributed by atoms with Gasteiger partial charge in [0.25, 0.3) is 0 Å². The van der Waals surface area contributed by atoms with E-state index in [1.807, 2.05) is 0 Å². The van der Waals surface area contributed by atoms with Crippen molar-refractivity contribution in [1.29, 1.82) is 0 Å². The maximum atomic E-state index is 11.4. The largest absolute Gasteiger partial charge is 0.469 e. The lowest BCUT2D eigenvalue weighted by atomic mass is 10.1. The molecule has 17 heavy (non-hydrogen) atoms. The SMILES string of the molecule is COC(=O)Cc1ccccc1N(C)C(=O)OC. The first-order valence-corrected chi connectivity index (χ1v) is 5.06. The Labute approximate surface area is 99.9 Å². The zero-order chi connectivity index (χ0) is 12.8. The molecule has 1 amide bonds. The number of ether oxygens (including phenoxy) is 2. The molecule has 0 radical (unpaired) electrons.